The lowest BCUT2D eigenvalue weighted by Crippen LogP contribution is -2.24. The van der Waals surface area contributed by atoms with Gasteiger partial charge >= 0.3 is 0 Å². The van der Waals surface area contributed by atoms with Crippen molar-refractivity contribution in [2.45, 2.75) is 26.3 Å². The van der Waals surface area contributed by atoms with E-state index in [2.05, 4.69) is 15.4 Å². The lowest BCUT2D eigenvalue weighted by Gasteiger charge is -2.15. The first-order chi connectivity index (χ1) is 9.47. The molecular formula is C14H14N4O2. The molecule has 102 valence electrons. The average Bonchev–Trinajstić information content (AvgIpc) is 2.89. The zero-order chi connectivity index (χ0) is 14.3. The van der Waals surface area contributed by atoms with Crippen LogP contribution in [0.25, 0.3) is 22.4 Å². The highest BCUT2D eigenvalue weighted by Gasteiger charge is 2.19. The van der Waals surface area contributed by atoms with Crippen LogP contribution in [0.1, 0.15) is 20.8 Å². The summed E-state index contributed by atoms with van der Waals surface area (Å²) in [6, 6.07) is 7.08. The van der Waals surface area contributed by atoms with E-state index in [-0.39, 0.29) is 16.8 Å². The van der Waals surface area contributed by atoms with Crippen molar-refractivity contribution in [2.75, 3.05) is 0 Å². The first-order valence-electron chi connectivity index (χ1n) is 6.28. The first-order valence-corrected chi connectivity index (χ1v) is 6.28. The van der Waals surface area contributed by atoms with Crippen LogP contribution in [-0.2, 0) is 5.54 Å². The summed E-state index contributed by atoms with van der Waals surface area (Å²) in [5.41, 5.74) is 0.423. The molecule has 0 radical (unpaired) electrons. The molecule has 0 spiro atoms. The Morgan fingerprint density at radius 3 is 2.65 bits per heavy atom. The minimum absolute atomic E-state index is 0.152. The summed E-state index contributed by atoms with van der Waals surface area (Å²) in [5, 5.41) is 12.7. The average molecular weight is 270 g/mol. The van der Waals surface area contributed by atoms with E-state index in [0.29, 0.717) is 16.5 Å². The standard InChI is InChI=1S/C14H14N4O2/c1-14(2,3)18-16-13(15-17-18)10-8-20-11-7-5-4-6-9(11)12(10)19/h4-8H,1-3H3. The van der Waals surface area contributed by atoms with Gasteiger partial charge in [0.1, 0.15) is 17.4 Å². The van der Waals surface area contributed by atoms with Crippen molar-refractivity contribution in [2.24, 2.45) is 0 Å². The fourth-order valence-electron chi connectivity index (χ4n) is 1.84. The number of aromatic nitrogens is 4. The third kappa shape index (κ3) is 1.99. The second kappa shape index (κ2) is 4.26. The van der Waals surface area contributed by atoms with Crippen molar-refractivity contribution in [3.05, 3.63) is 40.8 Å². The van der Waals surface area contributed by atoms with Crippen LogP contribution in [0.15, 0.2) is 39.7 Å². The van der Waals surface area contributed by atoms with E-state index >= 15 is 0 Å². The molecule has 2 aromatic heterocycles. The molecule has 1 aromatic carbocycles. The predicted octanol–water partition coefficient (Wildman–Crippen LogP) is 2.20. The van der Waals surface area contributed by atoms with Crippen molar-refractivity contribution in [3.63, 3.8) is 0 Å². The Morgan fingerprint density at radius 1 is 1.20 bits per heavy atom. The van der Waals surface area contributed by atoms with Gasteiger partial charge in [-0.1, -0.05) is 12.1 Å². The van der Waals surface area contributed by atoms with Crippen LogP contribution >= 0.6 is 0 Å². The molecule has 0 aliphatic heterocycles. The zero-order valence-electron chi connectivity index (χ0n) is 11.5. The molecule has 0 aliphatic rings. The SMILES string of the molecule is CC(C)(C)n1nnc(-c2coc3ccccc3c2=O)n1. The molecule has 0 saturated heterocycles. The Bertz CT molecular complexity index is 827. The van der Waals surface area contributed by atoms with Crippen molar-refractivity contribution >= 4 is 11.0 Å². The van der Waals surface area contributed by atoms with E-state index < -0.39 is 0 Å². The fraction of sp³-hybridized carbons (Fsp3) is 0.286. The van der Waals surface area contributed by atoms with Gasteiger partial charge in [-0.2, -0.15) is 4.80 Å². The molecule has 3 aromatic rings. The van der Waals surface area contributed by atoms with Crippen LogP contribution in [0.4, 0.5) is 0 Å². The topological polar surface area (TPSA) is 73.8 Å². The van der Waals surface area contributed by atoms with Crippen molar-refractivity contribution in [1.82, 2.24) is 20.2 Å². The summed E-state index contributed by atoms with van der Waals surface area (Å²) >= 11 is 0. The van der Waals surface area contributed by atoms with Gasteiger partial charge in [-0.15, -0.1) is 10.2 Å². The molecule has 0 fully saturated rings. The van der Waals surface area contributed by atoms with Gasteiger partial charge in [0, 0.05) is 0 Å². The Balaban J connectivity index is 2.18. The highest BCUT2D eigenvalue weighted by molar-refractivity contribution is 5.79. The van der Waals surface area contributed by atoms with E-state index in [9.17, 15) is 4.79 Å². The molecule has 20 heavy (non-hydrogen) atoms. The number of hydrogen-bond acceptors (Lipinski definition) is 5. The zero-order valence-corrected chi connectivity index (χ0v) is 11.5. The Morgan fingerprint density at radius 2 is 1.95 bits per heavy atom. The van der Waals surface area contributed by atoms with Crippen LogP contribution in [0.5, 0.6) is 0 Å². The summed E-state index contributed by atoms with van der Waals surface area (Å²) in [6.07, 6.45) is 1.38. The van der Waals surface area contributed by atoms with Crippen molar-refractivity contribution < 1.29 is 4.42 Å². The van der Waals surface area contributed by atoms with E-state index in [1.54, 1.807) is 18.2 Å². The Labute approximate surface area is 115 Å². The maximum Gasteiger partial charge on any atom is 0.212 e. The third-order valence-corrected chi connectivity index (χ3v) is 2.93. The van der Waals surface area contributed by atoms with Crippen LogP contribution in [0.3, 0.4) is 0 Å². The van der Waals surface area contributed by atoms with E-state index in [1.165, 1.54) is 11.1 Å². The number of rotatable bonds is 1. The molecule has 0 atom stereocenters. The van der Waals surface area contributed by atoms with Gasteiger partial charge < -0.3 is 4.42 Å². The van der Waals surface area contributed by atoms with E-state index in [1.807, 2.05) is 26.8 Å². The molecule has 3 rings (SSSR count). The second-order valence-corrected chi connectivity index (χ2v) is 5.55. The molecule has 6 nitrogen and oxygen atoms in total. The number of fused-ring (bicyclic) bond motifs is 1. The maximum absolute atomic E-state index is 12.4. The van der Waals surface area contributed by atoms with Gasteiger partial charge in [0.05, 0.1) is 10.9 Å². The molecule has 0 aliphatic carbocycles. The molecule has 2 heterocycles. The molecule has 0 amide bonds. The molecule has 0 unspecified atom stereocenters. The molecule has 0 saturated carbocycles. The predicted molar refractivity (Wildman–Crippen MR) is 74.3 cm³/mol. The Hall–Kier alpha value is -2.50. The number of hydrogen-bond donors (Lipinski definition) is 0. The van der Waals surface area contributed by atoms with Crippen molar-refractivity contribution in [1.29, 1.82) is 0 Å². The van der Waals surface area contributed by atoms with Gasteiger partial charge in [-0.3, -0.25) is 4.79 Å². The van der Waals surface area contributed by atoms with Crippen molar-refractivity contribution in [3.8, 4) is 11.4 Å². The lowest BCUT2D eigenvalue weighted by atomic mass is 10.1. The largest absolute Gasteiger partial charge is 0.463 e. The van der Waals surface area contributed by atoms with Gasteiger partial charge in [-0.25, -0.2) is 0 Å². The van der Waals surface area contributed by atoms with Crippen LogP contribution in [0.2, 0.25) is 0 Å². The first kappa shape index (κ1) is 12.5. The summed E-state index contributed by atoms with van der Waals surface area (Å²) < 4.78 is 5.46. The monoisotopic (exact) mass is 270 g/mol. The smallest absolute Gasteiger partial charge is 0.212 e. The summed E-state index contributed by atoms with van der Waals surface area (Å²) in [7, 11) is 0. The highest BCUT2D eigenvalue weighted by Crippen LogP contribution is 2.17. The maximum atomic E-state index is 12.4. The summed E-state index contributed by atoms with van der Waals surface area (Å²) in [6.45, 7) is 5.88. The summed E-state index contributed by atoms with van der Waals surface area (Å²) in [4.78, 5) is 13.9. The van der Waals surface area contributed by atoms with Crippen LogP contribution in [-0.4, -0.2) is 20.2 Å². The quantitative estimate of drug-likeness (QED) is 0.677. The minimum Gasteiger partial charge on any atom is -0.463 e. The van der Waals surface area contributed by atoms with Gasteiger partial charge in [-0.05, 0) is 38.1 Å². The third-order valence-electron chi connectivity index (χ3n) is 2.93. The van der Waals surface area contributed by atoms with E-state index in [4.69, 9.17) is 4.42 Å². The van der Waals surface area contributed by atoms with Gasteiger partial charge in [0.2, 0.25) is 11.3 Å². The normalized spacial score (nSPS) is 11.9. The minimum atomic E-state index is -0.289. The molecule has 6 heteroatoms. The molecule has 0 N–H and O–H groups in total. The summed E-state index contributed by atoms with van der Waals surface area (Å²) in [5.74, 6) is 0.277. The highest BCUT2D eigenvalue weighted by atomic mass is 16.3. The molecule has 0 bridgehead atoms. The second-order valence-electron chi connectivity index (χ2n) is 5.55. The van der Waals surface area contributed by atoms with Crippen LogP contribution in [0, 0.1) is 0 Å². The molecular weight excluding hydrogens is 256 g/mol. The number of benzene rings is 1. The van der Waals surface area contributed by atoms with E-state index in [0.717, 1.165) is 0 Å². The lowest BCUT2D eigenvalue weighted by molar-refractivity contribution is 0.306. The van der Waals surface area contributed by atoms with Gasteiger partial charge in [0.15, 0.2) is 0 Å². The fourth-order valence-corrected chi connectivity index (χ4v) is 1.84. The van der Waals surface area contributed by atoms with Gasteiger partial charge in [0.25, 0.3) is 0 Å². The number of tetrazole rings is 1. The van der Waals surface area contributed by atoms with Crippen LogP contribution < -0.4 is 5.43 Å². The Kier molecular flexibility index (Phi) is 2.67. The number of nitrogens with zero attached hydrogens (tertiary/aromatic N) is 4. The number of para-hydroxylation sites is 1.